The zero-order valence-corrected chi connectivity index (χ0v) is 7.05. The van der Waals surface area contributed by atoms with E-state index in [-0.39, 0.29) is 0 Å². The zero-order valence-electron chi connectivity index (χ0n) is 7.05. The maximum absolute atomic E-state index is 6.09. The Balaban J connectivity index is 2.10. The van der Waals surface area contributed by atoms with Crippen LogP contribution in [0.1, 0.15) is 32.1 Å². The van der Waals surface area contributed by atoms with E-state index in [9.17, 15) is 0 Å². The summed E-state index contributed by atoms with van der Waals surface area (Å²) in [7, 11) is 0. The van der Waals surface area contributed by atoms with Gasteiger partial charge in [0.25, 0.3) is 0 Å². The van der Waals surface area contributed by atoms with Gasteiger partial charge < -0.3 is 11.5 Å². The molecule has 0 aromatic rings. The Bertz CT molecular complexity index is 158. The molecule has 4 N–H and O–H groups in total. The molecule has 64 valence electrons. The van der Waals surface area contributed by atoms with E-state index in [1.54, 1.807) is 0 Å². The zero-order chi connectivity index (χ0) is 7.90. The fourth-order valence-corrected chi connectivity index (χ4v) is 3.12. The van der Waals surface area contributed by atoms with Crippen molar-refractivity contribution in [1.82, 2.24) is 0 Å². The van der Waals surface area contributed by atoms with Crippen molar-refractivity contribution < 1.29 is 0 Å². The van der Waals surface area contributed by atoms with Crippen LogP contribution < -0.4 is 11.5 Å². The third-order valence-electron chi connectivity index (χ3n) is 3.76. The first-order valence-corrected chi connectivity index (χ1v) is 4.72. The lowest BCUT2D eigenvalue weighted by Crippen LogP contribution is -2.38. The third-order valence-corrected chi connectivity index (χ3v) is 3.76. The van der Waals surface area contributed by atoms with E-state index in [1.807, 2.05) is 0 Å². The lowest BCUT2D eigenvalue weighted by Gasteiger charge is -2.32. The molecule has 0 heterocycles. The van der Waals surface area contributed by atoms with Crippen LogP contribution in [0.4, 0.5) is 0 Å². The lowest BCUT2D eigenvalue weighted by molar-refractivity contribution is 0.234. The summed E-state index contributed by atoms with van der Waals surface area (Å²) in [6.07, 6.45) is 6.54. The van der Waals surface area contributed by atoms with Crippen LogP contribution in [-0.2, 0) is 0 Å². The largest absolute Gasteiger partial charge is 0.330 e. The maximum Gasteiger partial charge on any atom is 0.00987 e. The highest BCUT2D eigenvalue weighted by Gasteiger charge is 2.49. The Morgan fingerprint density at radius 3 is 2.73 bits per heavy atom. The first-order valence-electron chi connectivity index (χ1n) is 4.72. The number of fused-ring (bicyclic) bond motifs is 2. The topological polar surface area (TPSA) is 52.0 Å². The summed E-state index contributed by atoms with van der Waals surface area (Å²) in [6.45, 7) is 0.820. The van der Waals surface area contributed by atoms with Gasteiger partial charge in [-0.3, -0.25) is 0 Å². The molecule has 2 heteroatoms. The molecule has 0 spiro atoms. The summed E-state index contributed by atoms with van der Waals surface area (Å²) in [4.78, 5) is 0. The van der Waals surface area contributed by atoms with Crippen LogP contribution in [-0.4, -0.2) is 12.6 Å². The minimum Gasteiger partial charge on any atom is -0.330 e. The summed E-state index contributed by atoms with van der Waals surface area (Å²) < 4.78 is 0. The predicted molar refractivity (Wildman–Crippen MR) is 46.0 cm³/mol. The normalized spacial score (nSPS) is 48.5. The number of nitrogens with two attached hydrogens (primary N) is 2. The van der Waals surface area contributed by atoms with Crippen LogP contribution in [0.5, 0.6) is 0 Å². The average molecular weight is 154 g/mol. The molecular weight excluding hydrogens is 136 g/mol. The van der Waals surface area contributed by atoms with Crippen LogP contribution in [0.2, 0.25) is 0 Å². The molecule has 0 radical (unpaired) electrons. The van der Waals surface area contributed by atoms with Gasteiger partial charge in [0, 0.05) is 6.04 Å². The van der Waals surface area contributed by atoms with Crippen LogP contribution in [0, 0.1) is 11.3 Å². The summed E-state index contributed by atoms with van der Waals surface area (Å²) in [5.41, 5.74) is 12.2. The molecular formula is C9H18N2. The smallest absolute Gasteiger partial charge is 0.00987 e. The summed E-state index contributed by atoms with van der Waals surface area (Å²) >= 11 is 0. The second-order valence-electron chi connectivity index (χ2n) is 4.35. The van der Waals surface area contributed by atoms with Gasteiger partial charge >= 0.3 is 0 Å². The lowest BCUT2D eigenvalue weighted by atomic mass is 9.78. The Labute approximate surface area is 68.3 Å². The van der Waals surface area contributed by atoms with Crippen molar-refractivity contribution in [3.8, 4) is 0 Å². The molecule has 3 atom stereocenters. The van der Waals surface area contributed by atoms with Crippen molar-refractivity contribution in [2.24, 2.45) is 22.8 Å². The van der Waals surface area contributed by atoms with Crippen LogP contribution in [0.15, 0.2) is 0 Å². The van der Waals surface area contributed by atoms with Crippen molar-refractivity contribution in [2.75, 3.05) is 6.54 Å². The second kappa shape index (κ2) is 2.46. The van der Waals surface area contributed by atoms with E-state index < -0.39 is 0 Å². The van der Waals surface area contributed by atoms with Crippen molar-refractivity contribution in [2.45, 2.75) is 38.1 Å². The highest BCUT2D eigenvalue weighted by Crippen LogP contribution is 2.54. The Morgan fingerprint density at radius 2 is 2.27 bits per heavy atom. The monoisotopic (exact) mass is 154 g/mol. The molecule has 0 saturated heterocycles. The molecule has 2 fully saturated rings. The molecule has 3 unspecified atom stereocenters. The van der Waals surface area contributed by atoms with Crippen LogP contribution in [0.25, 0.3) is 0 Å². The SMILES string of the molecule is NCCC12CCC(CC1N)C2. The second-order valence-corrected chi connectivity index (χ2v) is 4.35. The van der Waals surface area contributed by atoms with Gasteiger partial charge in [-0.25, -0.2) is 0 Å². The van der Waals surface area contributed by atoms with Crippen molar-refractivity contribution in [3.05, 3.63) is 0 Å². The van der Waals surface area contributed by atoms with Gasteiger partial charge in [-0.05, 0) is 50.0 Å². The summed E-state index contributed by atoms with van der Waals surface area (Å²) in [6, 6.07) is 0.463. The maximum atomic E-state index is 6.09. The van der Waals surface area contributed by atoms with Gasteiger partial charge in [-0.1, -0.05) is 0 Å². The van der Waals surface area contributed by atoms with Crippen molar-refractivity contribution in [3.63, 3.8) is 0 Å². The first kappa shape index (κ1) is 7.56. The van der Waals surface area contributed by atoms with E-state index in [0.29, 0.717) is 11.5 Å². The highest BCUT2D eigenvalue weighted by atomic mass is 14.8. The fraction of sp³-hybridized carbons (Fsp3) is 1.00. The van der Waals surface area contributed by atoms with Crippen molar-refractivity contribution in [1.29, 1.82) is 0 Å². The molecule has 2 rings (SSSR count). The summed E-state index contributed by atoms with van der Waals surface area (Å²) in [5.74, 6) is 0.941. The van der Waals surface area contributed by atoms with E-state index in [1.165, 1.54) is 25.7 Å². The minimum atomic E-state index is 0.463. The molecule has 2 aliphatic carbocycles. The molecule has 2 bridgehead atoms. The Hall–Kier alpha value is -0.0800. The molecule has 11 heavy (non-hydrogen) atoms. The molecule has 0 aromatic carbocycles. The van der Waals surface area contributed by atoms with Gasteiger partial charge in [0.05, 0.1) is 0 Å². The van der Waals surface area contributed by atoms with Gasteiger partial charge in [0.15, 0.2) is 0 Å². The van der Waals surface area contributed by atoms with Gasteiger partial charge in [-0.2, -0.15) is 0 Å². The number of hydrogen-bond acceptors (Lipinski definition) is 2. The van der Waals surface area contributed by atoms with E-state index >= 15 is 0 Å². The average Bonchev–Trinajstić information content (AvgIpc) is 2.45. The van der Waals surface area contributed by atoms with Crippen LogP contribution >= 0.6 is 0 Å². The van der Waals surface area contributed by atoms with E-state index in [4.69, 9.17) is 11.5 Å². The number of rotatable bonds is 2. The molecule has 0 aromatic heterocycles. The van der Waals surface area contributed by atoms with Gasteiger partial charge in [0.1, 0.15) is 0 Å². The van der Waals surface area contributed by atoms with Gasteiger partial charge in [-0.15, -0.1) is 0 Å². The molecule has 2 nitrogen and oxygen atoms in total. The molecule has 0 aliphatic heterocycles. The van der Waals surface area contributed by atoms with Crippen LogP contribution in [0.3, 0.4) is 0 Å². The number of hydrogen-bond donors (Lipinski definition) is 2. The predicted octanol–water partition coefficient (Wildman–Crippen LogP) is 0.853. The standard InChI is InChI=1S/C9H18N2/c10-4-3-9-2-1-7(6-9)5-8(9)11/h7-8H,1-6,10-11H2. The van der Waals surface area contributed by atoms with E-state index in [2.05, 4.69) is 0 Å². The Kier molecular flexibility index (Phi) is 1.69. The van der Waals surface area contributed by atoms with Gasteiger partial charge in [0.2, 0.25) is 0 Å². The minimum absolute atomic E-state index is 0.463. The Morgan fingerprint density at radius 1 is 1.45 bits per heavy atom. The quantitative estimate of drug-likeness (QED) is 0.619. The van der Waals surface area contributed by atoms with Crippen molar-refractivity contribution >= 4 is 0 Å². The fourth-order valence-electron chi connectivity index (χ4n) is 3.12. The third kappa shape index (κ3) is 1.00. The summed E-state index contributed by atoms with van der Waals surface area (Å²) in [5, 5.41) is 0. The highest BCUT2D eigenvalue weighted by molar-refractivity contribution is 5.03. The van der Waals surface area contributed by atoms with E-state index in [0.717, 1.165) is 18.9 Å². The molecule has 0 amide bonds. The molecule has 2 saturated carbocycles. The first-order chi connectivity index (χ1) is 5.27. The molecule has 2 aliphatic rings.